The summed E-state index contributed by atoms with van der Waals surface area (Å²) in [6, 6.07) is 2.87. The van der Waals surface area contributed by atoms with E-state index in [2.05, 4.69) is 5.32 Å². The van der Waals surface area contributed by atoms with Crippen LogP contribution in [0, 0.1) is 0 Å². The molecule has 4 N–H and O–H groups in total. The van der Waals surface area contributed by atoms with Crippen molar-refractivity contribution in [1.29, 1.82) is 0 Å². The van der Waals surface area contributed by atoms with Crippen LogP contribution in [0.3, 0.4) is 0 Å². The first-order valence-corrected chi connectivity index (χ1v) is 5.66. The average molecular weight is 285 g/mol. The Morgan fingerprint density at radius 3 is 2.75 bits per heavy atom. The zero-order chi connectivity index (χ0) is 11.4. The van der Waals surface area contributed by atoms with E-state index in [1.54, 1.807) is 19.1 Å². The summed E-state index contributed by atoms with van der Waals surface area (Å²) in [5, 5.41) is 12.2. The van der Waals surface area contributed by atoms with Crippen molar-refractivity contribution in [2.24, 2.45) is 5.73 Å². The molecule has 0 bridgehead atoms. The van der Waals surface area contributed by atoms with Gasteiger partial charge in [-0.2, -0.15) is 0 Å². The van der Waals surface area contributed by atoms with Crippen molar-refractivity contribution in [1.82, 2.24) is 5.32 Å². The monoisotopic (exact) mass is 284 g/mol. The lowest BCUT2D eigenvalue weighted by Gasteiger charge is -2.11. The zero-order valence-electron chi connectivity index (χ0n) is 8.64. The van der Waals surface area contributed by atoms with Crippen LogP contribution in [-0.4, -0.2) is 23.6 Å². The lowest BCUT2D eigenvalue weighted by atomic mass is 10.2. The predicted molar refractivity (Wildman–Crippen MR) is 68.2 cm³/mol. The van der Waals surface area contributed by atoms with Gasteiger partial charge in [0.2, 0.25) is 5.91 Å². The van der Waals surface area contributed by atoms with Crippen molar-refractivity contribution in [2.75, 3.05) is 6.54 Å². The molecule has 0 fully saturated rings. The highest BCUT2D eigenvalue weighted by atomic mass is 35.5. The number of aliphatic hydroxyl groups is 1. The first-order valence-electron chi connectivity index (χ1n) is 4.47. The highest BCUT2D eigenvalue weighted by Crippen LogP contribution is 2.26. The fraction of sp³-hybridized carbons (Fsp3) is 0.444. The molecule has 1 rings (SSSR count). The molecule has 2 unspecified atom stereocenters. The van der Waals surface area contributed by atoms with Crippen molar-refractivity contribution in [3.63, 3.8) is 0 Å². The van der Waals surface area contributed by atoms with Crippen LogP contribution in [0.15, 0.2) is 12.1 Å². The minimum absolute atomic E-state index is 0. The fourth-order valence-corrected chi connectivity index (χ4v) is 2.01. The molecule has 0 radical (unpaired) electrons. The smallest absolute Gasteiger partial charge is 0.236 e. The average Bonchev–Trinajstić information content (AvgIpc) is 2.60. The van der Waals surface area contributed by atoms with Gasteiger partial charge in [0.15, 0.2) is 0 Å². The number of aliphatic hydroxyl groups excluding tert-OH is 1. The third-order valence-corrected chi connectivity index (χ3v) is 3.14. The van der Waals surface area contributed by atoms with E-state index in [-0.39, 0.29) is 24.9 Å². The normalized spacial score (nSPS) is 13.8. The summed E-state index contributed by atoms with van der Waals surface area (Å²) in [5.41, 5.74) is 5.35. The third kappa shape index (κ3) is 4.67. The van der Waals surface area contributed by atoms with Gasteiger partial charge in [-0.3, -0.25) is 4.79 Å². The van der Waals surface area contributed by atoms with Crippen LogP contribution in [0.4, 0.5) is 0 Å². The van der Waals surface area contributed by atoms with Gasteiger partial charge in [0.1, 0.15) is 6.10 Å². The van der Waals surface area contributed by atoms with E-state index in [9.17, 15) is 9.90 Å². The maximum absolute atomic E-state index is 11.1. The molecule has 1 heterocycles. The van der Waals surface area contributed by atoms with Crippen LogP contribution in [-0.2, 0) is 4.79 Å². The number of carbonyl (C=O) groups excluding carboxylic acids is 1. The Morgan fingerprint density at radius 1 is 1.69 bits per heavy atom. The topological polar surface area (TPSA) is 75.4 Å². The van der Waals surface area contributed by atoms with Crippen molar-refractivity contribution in [3.05, 3.63) is 21.3 Å². The summed E-state index contributed by atoms with van der Waals surface area (Å²) in [5.74, 6) is -0.281. The number of thiophene rings is 1. The second-order valence-corrected chi connectivity index (χ2v) is 4.94. The molecule has 92 valence electrons. The van der Waals surface area contributed by atoms with Gasteiger partial charge in [-0.05, 0) is 19.1 Å². The minimum atomic E-state index is -0.731. The zero-order valence-corrected chi connectivity index (χ0v) is 11.0. The molecule has 0 aromatic carbocycles. The van der Waals surface area contributed by atoms with E-state index in [0.29, 0.717) is 4.34 Å². The second-order valence-electron chi connectivity index (χ2n) is 3.19. The van der Waals surface area contributed by atoms with Gasteiger partial charge in [-0.25, -0.2) is 0 Å². The summed E-state index contributed by atoms with van der Waals surface area (Å²) in [7, 11) is 0. The maximum atomic E-state index is 11.1. The fourth-order valence-electron chi connectivity index (χ4n) is 0.966. The number of hydrogen-bond acceptors (Lipinski definition) is 4. The van der Waals surface area contributed by atoms with Crippen LogP contribution in [0.1, 0.15) is 17.9 Å². The molecule has 0 aliphatic carbocycles. The van der Waals surface area contributed by atoms with Crippen LogP contribution in [0.2, 0.25) is 4.34 Å². The van der Waals surface area contributed by atoms with E-state index in [4.69, 9.17) is 17.3 Å². The van der Waals surface area contributed by atoms with Crippen molar-refractivity contribution >= 4 is 41.3 Å². The van der Waals surface area contributed by atoms with Crippen molar-refractivity contribution in [2.45, 2.75) is 19.1 Å². The Kier molecular flexibility index (Phi) is 6.94. The summed E-state index contributed by atoms with van der Waals surface area (Å²) in [6.07, 6.45) is -0.731. The number of rotatable bonds is 4. The number of carbonyl (C=O) groups is 1. The molecule has 1 aromatic heterocycles. The van der Waals surface area contributed by atoms with Gasteiger partial charge in [-0.15, -0.1) is 23.7 Å². The number of halogens is 2. The summed E-state index contributed by atoms with van der Waals surface area (Å²) in [6.45, 7) is 1.74. The molecule has 1 amide bonds. The van der Waals surface area contributed by atoms with Gasteiger partial charge in [0.05, 0.1) is 10.4 Å². The molecular weight excluding hydrogens is 271 g/mol. The second kappa shape index (κ2) is 7.09. The lowest BCUT2D eigenvalue weighted by Crippen LogP contribution is -2.40. The first kappa shape index (κ1) is 15.7. The van der Waals surface area contributed by atoms with E-state index < -0.39 is 12.1 Å². The summed E-state index contributed by atoms with van der Waals surface area (Å²) in [4.78, 5) is 11.8. The largest absolute Gasteiger partial charge is 0.386 e. The van der Waals surface area contributed by atoms with Gasteiger partial charge >= 0.3 is 0 Å². The van der Waals surface area contributed by atoms with E-state index in [0.717, 1.165) is 4.88 Å². The van der Waals surface area contributed by atoms with E-state index in [1.807, 2.05) is 0 Å². The highest BCUT2D eigenvalue weighted by molar-refractivity contribution is 7.16. The van der Waals surface area contributed by atoms with Gasteiger partial charge in [0, 0.05) is 11.4 Å². The summed E-state index contributed by atoms with van der Waals surface area (Å²) >= 11 is 7.01. The van der Waals surface area contributed by atoms with Crippen LogP contribution in [0.5, 0.6) is 0 Å². The van der Waals surface area contributed by atoms with Crippen molar-refractivity contribution in [3.8, 4) is 0 Å². The number of amides is 1. The van der Waals surface area contributed by atoms with E-state index in [1.165, 1.54) is 11.3 Å². The lowest BCUT2D eigenvalue weighted by molar-refractivity contribution is -0.122. The minimum Gasteiger partial charge on any atom is -0.386 e. The Balaban J connectivity index is 0.00000225. The molecule has 0 aliphatic heterocycles. The molecule has 16 heavy (non-hydrogen) atoms. The Hall–Kier alpha value is -0.330. The predicted octanol–water partition coefficient (Wildman–Crippen LogP) is 1.32. The molecule has 1 aromatic rings. The first-order chi connectivity index (χ1) is 7.00. The molecule has 4 nitrogen and oxygen atoms in total. The molecular formula is C9H14Cl2N2O2S. The quantitative estimate of drug-likeness (QED) is 0.781. The molecule has 0 spiro atoms. The standard InChI is InChI=1S/C9H13ClN2O2S.ClH/c1-5(11)9(14)12-4-6(13)7-2-3-8(10)15-7;/h2-3,5-6,13H,4,11H2,1H3,(H,12,14);1H. The molecule has 7 heteroatoms. The Bertz CT molecular complexity index is 344. The molecule has 0 aliphatic rings. The molecule has 0 saturated heterocycles. The highest BCUT2D eigenvalue weighted by Gasteiger charge is 2.13. The van der Waals surface area contributed by atoms with Crippen LogP contribution >= 0.6 is 35.3 Å². The third-order valence-electron chi connectivity index (χ3n) is 1.81. The van der Waals surface area contributed by atoms with Crippen LogP contribution in [0.25, 0.3) is 0 Å². The molecule has 2 atom stereocenters. The molecule has 0 saturated carbocycles. The van der Waals surface area contributed by atoms with Gasteiger partial charge in [0.25, 0.3) is 0 Å². The SMILES string of the molecule is CC(N)C(=O)NCC(O)c1ccc(Cl)s1.Cl. The van der Waals surface area contributed by atoms with E-state index >= 15 is 0 Å². The number of hydrogen-bond donors (Lipinski definition) is 3. The maximum Gasteiger partial charge on any atom is 0.236 e. The van der Waals surface area contributed by atoms with Gasteiger partial charge in [-0.1, -0.05) is 11.6 Å². The Morgan fingerprint density at radius 2 is 2.31 bits per heavy atom. The Labute approximate surface area is 109 Å². The van der Waals surface area contributed by atoms with Crippen LogP contribution < -0.4 is 11.1 Å². The number of nitrogens with two attached hydrogens (primary N) is 1. The van der Waals surface area contributed by atoms with Gasteiger partial charge < -0.3 is 16.2 Å². The summed E-state index contributed by atoms with van der Waals surface area (Å²) < 4.78 is 0.613. The van der Waals surface area contributed by atoms with Crippen molar-refractivity contribution < 1.29 is 9.90 Å². The number of nitrogens with one attached hydrogen (secondary N) is 1.